The van der Waals surface area contributed by atoms with Crippen molar-refractivity contribution in [3.8, 4) is 5.69 Å². The molecular formula is C27H29FN6O. The number of benzene rings is 2. The molecule has 3 heterocycles. The zero-order valence-electron chi connectivity index (χ0n) is 20.1. The highest BCUT2D eigenvalue weighted by molar-refractivity contribution is 5.94. The van der Waals surface area contributed by atoms with Crippen molar-refractivity contribution in [2.75, 3.05) is 31.1 Å². The van der Waals surface area contributed by atoms with E-state index in [1.165, 1.54) is 12.1 Å². The van der Waals surface area contributed by atoms with E-state index in [0.717, 1.165) is 59.9 Å². The Balaban J connectivity index is 1.48. The Morgan fingerprint density at radius 2 is 1.74 bits per heavy atom. The highest BCUT2D eigenvalue weighted by Gasteiger charge is 2.25. The Labute approximate surface area is 204 Å². The maximum absolute atomic E-state index is 13.3. The van der Waals surface area contributed by atoms with Gasteiger partial charge in [0.15, 0.2) is 5.65 Å². The molecule has 0 atom stereocenters. The first-order valence-corrected chi connectivity index (χ1v) is 12.2. The van der Waals surface area contributed by atoms with Crippen molar-refractivity contribution < 1.29 is 9.18 Å². The number of fused-ring (bicyclic) bond motifs is 1. The fourth-order valence-corrected chi connectivity index (χ4v) is 4.63. The molecule has 1 saturated heterocycles. The molecule has 4 aromatic rings. The molecule has 0 spiro atoms. The summed E-state index contributed by atoms with van der Waals surface area (Å²) in [5.74, 6) is 1.27. The van der Waals surface area contributed by atoms with Crippen LogP contribution in [0.15, 0.2) is 54.6 Å². The topological polar surface area (TPSA) is 67.2 Å². The summed E-state index contributed by atoms with van der Waals surface area (Å²) in [7, 11) is 0. The van der Waals surface area contributed by atoms with Crippen LogP contribution in [-0.4, -0.2) is 56.7 Å². The van der Waals surface area contributed by atoms with E-state index in [4.69, 9.17) is 15.1 Å². The van der Waals surface area contributed by atoms with Crippen molar-refractivity contribution in [3.05, 3.63) is 77.5 Å². The molecule has 1 amide bonds. The molecule has 0 unspecified atom stereocenters. The van der Waals surface area contributed by atoms with Crippen LogP contribution < -0.4 is 4.90 Å². The highest BCUT2D eigenvalue weighted by Crippen LogP contribution is 2.30. The molecule has 2 aromatic carbocycles. The largest absolute Gasteiger partial charge is 0.354 e. The molecular weight excluding hydrogens is 443 g/mol. The van der Waals surface area contributed by atoms with Crippen LogP contribution in [0.25, 0.3) is 16.7 Å². The summed E-state index contributed by atoms with van der Waals surface area (Å²) in [6, 6.07) is 15.8. The van der Waals surface area contributed by atoms with Crippen LogP contribution in [0.5, 0.6) is 0 Å². The maximum Gasteiger partial charge on any atom is 0.253 e. The maximum atomic E-state index is 13.3. The number of halogens is 1. The average Bonchev–Trinajstić information content (AvgIpc) is 3.04. The number of anilines is 1. The molecule has 8 heteroatoms. The van der Waals surface area contributed by atoms with Gasteiger partial charge in [0.2, 0.25) is 0 Å². The molecule has 1 fully saturated rings. The highest BCUT2D eigenvalue weighted by atomic mass is 19.1. The molecule has 0 N–H and O–H groups in total. The van der Waals surface area contributed by atoms with Crippen LogP contribution in [0, 0.1) is 12.7 Å². The first-order valence-electron chi connectivity index (χ1n) is 12.2. The van der Waals surface area contributed by atoms with Crippen LogP contribution in [0.1, 0.15) is 41.6 Å². The van der Waals surface area contributed by atoms with Crippen molar-refractivity contribution in [3.63, 3.8) is 0 Å². The fraction of sp³-hybridized carbons (Fsp3) is 0.333. The normalized spacial score (nSPS) is 14.4. The molecule has 0 radical (unpaired) electrons. The molecule has 2 aromatic heterocycles. The number of hydrogen-bond donors (Lipinski definition) is 0. The number of amides is 1. The number of nitrogens with zero attached hydrogens (tertiary/aromatic N) is 6. The number of carbonyl (C=O) groups excluding carboxylic acids is 1. The Morgan fingerprint density at radius 1 is 0.971 bits per heavy atom. The van der Waals surface area contributed by atoms with Crippen LogP contribution in [0.3, 0.4) is 0 Å². The number of para-hydroxylation sites is 1. The Kier molecular flexibility index (Phi) is 6.44. The van der Waals surface area contributed by atoms with Gasteiger partial charge in [0.05, 0.1) is 16.8 Å². The molecule has 180 valence electrons. The van der Waals surface area contributed by atoms with E-state index in [1.54, 1.807) is 12.1 Å². The predicted molar refractivity (Wildman–Crippen MR) is 135 cm³/mol. The van der Waals surface area contributed by atoms with Crippen LogP contribution in [0.2, 0.25) is 0 Å². The molecule has 35 heavy (non-hydrogen) atoms. The fourth-order valence-electron chi connectivity index (χ4n) is 4.63. The predicted octanol–water partition coefficient (Wildman–Crippen LogP) is 4.57. The number of hydrogen-bond acceptors (Lipinski definition) is 5. The van der Waals surface area contributed by atoms with E-state index in [9.17, 15) is 9.18 Å². The standard InChI is InChI=1S/C27H29FN6O/c1-3-8-23-29-25(24-19(2)31-34(26(24)30-23)22-9-5-4-6-10-22)32-15-7-16-33(18-17-32)27(35)20-11-13-21(28)14-12-20/h4-6,9-14H,3,7-8,15-18H2,1-2H3. The third-order valence-corrected chi connectivity index (χ3v) is 6.38. The van der Waals surface area contributed by atoms with E-state index in [-0.39, 0.29) is 11.7 Å². The van der Waals surface area contributed by atoms with Crippen molar-refractivity contribution in [2.24, 2.45) is 0 Å². The third kappa shape index (κ3) is 4.60. The smallest absolute Gasteiger partial charge is 0.253 e. The quantitative estimate of drug-likeness (QED) is 0.426. The zero-order valence-corrected chi connectivity index (χ0v) is 20.1. The Bertz CT molecular complexity index is 1340. The summed E-state index contributed by atoms with van der Waals surface area (Å²) < 4.78 is 15.2. The first kappa shape index (κ1) is 23.0. The lowest BCUT2D eigenvalue weighted by atomic mass is 10.2. The Morgan fingerprint density at radius 3 is 2.49 bits per heavy atom. The van der Waals surface area contributed by atoms with Gasteiger partial charge in [-0.15, -0.1) is 0 Å². The number of rotatable bonds is 5. The van der Waals surface area contributed by atoms with Crippen molar-refractivity contribution in [1.29, 1.82) is 0 Å². The molecule has 0 aliphatic carbocycles. The van der Waals surface area contributed by atoms with Gasteiger partial charge in [0.25, 0.3) is 5.91 Å². The summed E-state index contributed by atoms with van der Waals surface area (Å²) in [6.07, 6.45) is 2.54. The minimum atomic E-state index is -0.342. The van der Waals surface area contributed by atoms with E-state index >= 15 is 0 Å². The van der Waals surface area contributed by atoms with Gasteiger partial charge in [-0.2, -0.15) is 5.10 Å². The zero-order chi connectivity index (χ0) is 24.4. The van der Waals surface area contributed by atoms with Crippen molar-refractivity contribution in [1.82, 2.24) is 24.6 Å². The molecule has 0 saturated carbocycles. The van der Waals surface area contributed by atoms with Gasteiger partial charge in [0.1, 0.15) is 17.5 Å². The summed E-state index contributed by atoms with van der Waals surface area (Å²) >= 11 is 0. The van der Waals surface area contributed by atoms with Gasteiger partial charge in [0, 0.05) is 38.2 Å². The van der Waals surface area contributed by atoms with Gasteiger partial charge in [-0.1, -0.05) is 25.1 Å². The van der Waals surface area contributed by atoms with E-state index in [1.807, 2.05) is 46.8 Å². The lowest BCUT2D eigenvalue weighted by Gasteiger charge is -2.24. The average molecular weight is 473 g/mol. The number of carbonyl (C=O) groups is 1. The lowest BCUT2D eigenvalue weighted by molar-refractivity contribution is 0.0767. The number of aromatic nitrogens is 4. The lowest BCUT2D eigenvalue weighted by Crippen LogP contribution is -2.35. The van der Waals surface area contributed by atoms with Crippen molar-refractivity contribution in [2.45, 2.75) is 33.1 Å². The van der Waals surface area contributed by atoms with Gasteiger partial charge >= 0.3 is 0 Å². The summed E-state index contributed by atoms with van der Waals surface area (Å²) in [5, 5.41) is 5.77. The summed E-state index contributed by atoms with van der Waals surface area (Å²) in [6.45, 7) is 6.76. The van der Waals surface area contributed by atoms with Crippen LogP contribution >= 0.6 is 0 Å². The van der Waals surface area contributed by atoms with Crippen molar-refractivity contribution >= 4 is 22.8 Å². The molecule has 1 aliphatic rings. The van der Waals surface area contributed by atoms with Gasteiger partial charge in [-0.05, 0) is 56.2 Å². The second-order valence-electron chi connectivity index (χ2n) is 8.88. The minimum absolute atomic E-state index is 0.0700. The SMILES string of the molecule is CCCc1nc(N2CCCN(C(=O)c3ccc(F)cc3)CC2)c2c(C)nn(-c3ccccc3)c2n1. The van der Waals surface area contributed by atoms with Gasteiger partial charge in [-0.3, -0.25) is 4.79 Å². The third-order valence-electron chi connectivity index (χ3n) is 6.38. The monoisotopic (exact) mass is 472 g/mol. The van der Waals surface area contributed by atoms with E-state index < -0.39 is 0 Å². The van der Waals surface area contributed by atoms with Gasteiger partial charge < -0.3 is 9.80 Å². The molecule has 1 aliphatic heterocycles. The number of aryl methyl sites for hydroxylation is 2. The summed E-state index contributed by atoms with van der Waals surface area (Å²) in [5.41, 5.74) is 3.16. The van der Waals surface area contributed by atoms with Crippen LogP contribution in [-0.2, 0) is 6.42 Å². The minimum Gasteiger partial charge on any atom is -0.354 e. The molecule has 0 bridgehead atoms. The molecule has 7 nitrogen and oxygen atoms in total. The van der Waals surface area contributed by atoms with Gasteiger partial charge in [-0.25, -0.2) is 19.0 Å². The van der Waals surface area contributed by atoms with E-state index in [2.05, 4.69) is 11.8 Å². The van der Waals surface area contributed by atoms with E-state index in [0.29, 0.717) is 25.2 Å². The Hall–Kier alpha value is -3.81. The molecule has 5 rings (SSSR count). The second kappa shape index (κ2) is 9.82. The summed E-state index contributed by atoms with van der Waals surface area (Å²) in [4.78, 5) is 27.0. The first-order chi connectivity index (χ1) is 17.0. The second-order valence-corrected chi connectivity index (χ2v) is 8.88. The van der Waals surface area contributed by atoms with Crippen LogP contribution in [0.4, 0.5) is 10.2 Å².